The van der Waals surface area contributed by atoms with E-state index < -0.39 is 0 Å². The Labute approximate surface area is 339 Å². The Bertz CT molecular complexity index is 3520. The normalized spacial score (nSPS) is 11.7. The zero-order chi connectivity index (χ0) is 38.9. The Morgan fingerprint density at radius 1 is 0.339 bits per heavy atom. The average Bonchev–Trinajstić information content (AvgIpc) is 3.67. The molecule has 0 atom stereocenters. The van der Waals surface area contributed by atoms with Crippen LogP contribution in [0.15, 0.2) is 200 Å². The molecule has 5 heteroatoms. The quantitative estimate of drug-likeness (QED) is 0.125. The number of para-hydroxylation sites is 1. The third-order valence-electron chi connectivity index (χ3n) is 11.7. The fraction of sp³-hybridized carbons (Fsp3) is 0. The number of benzene rings is 8. The van der Waals surface area contributed by atoms with E-state index in [-0.39, 0.29) is 0 Å². The monoisotopic (exact) mass is 751 g/mol. The van der Waals surface area contributed by atoms with Crippen LogP contribution in [0.2, 0.25) is 0 Å². The summed E-state index contributed by atoms with van der Waals surface area (Å²) < 4.78 is 2.49. The van der Waals surface area contributed by atoms with Gasteiger partial charge in [-0.2, -0.15) is 0 Å². The van der Waals surface area contributed by atoms with E-state index in [0.29, 0.717) is 11.6 Å². The first kappa shape index (κ1) is 33.2. The van der Waals surface area contributed by atoms with E-state index in [9.17, 15) is 0 Å². The van der Waals surface area contributed by atoms with E-state index in [0.717, 1.165) is 50.3 Å². The molecule has 5 nitrogen and oxygen atoms in total. The summed E-state index contributed by atoms with van der Waals surface area (Å²) in [7, 11) is 0. The molecule has 0 aliphatic heterocycles. The van der Waals surface area contributed by atoms with Crippen LogP contribution in [0.3, 0.4) is 0 Å². The lowest BCUT2D eigenvalue weighted by Crippen LogP contribution is -1.97. The van der Waals surface area contributed by atoms with Gasteiger partial charge in [-0.1, -0.05) is 158 Å². The van der Waals surface area contributed by atoms with E-state index >= 15 is 0 Å². The molecule has 59 heavy (non-hydrogen) atoms. The zero-order valence-electron chi connectivity index (χ0n) is 31.8. The first-order valence-corrected chi connectivity index (χ1v) is 19.9. The molecule has 0 unspecified atom stereocenters. The predicted molar refractivity (Wildman–Crippen MR) is 242 cm³/mol. The van der Waals surface area contributed by atoms with Crippen molar-refractivity contribution in [1.82, 2.24) is 24.3 Å². The van der Waals surface area contributed by atoms with Crippen LogP contribution < -0.4 is 0 Å². The molecule has 0 aliphatic carbocycles. The molecule has 0 saturated heterocycles. The molecule has 0 N–H and O–H groups in total. The summed E-state index contributed by atoms with van der Waals surface area (Å²) >= 11 is 0. The molecule has 0 saturated carbocycles. The van der Waals surface area contributed by atoms with Crippen molar-refractivity contribution < 1.29 is 0 Å². The number of hydrogen-bond acceptors (Lipinski definition) is 4. The number of fused-ring (bicyclic) bond motifs is 5. The molecule has 0 aliphatic rings. The Kier molecular flexibility index (Phi) is 7.47. The number of hydrogen-bond donors (Lipinski definition) is 0. The van der Waals surface area contributed by atoms with Gasteiger partial charge in [-0.15, -0.1) is 0 Å². The molecule has 12 aromatic rings. The van der Waals surface area contributed by atoms with Crippen molar-refractivity contribution in [3.8, 4) is 67.5 Å². The molecule has 4 heterocycles. The third kappa shape index (κ3) is 5.33. The number of nitrogens with zero attached hydrogens (tertiary/aromatic N) is 5. The molecular weight excluding hydrogens is 719 g/mol. The fourth-order valence-corrected chi connectivity index (χ4v) is 9.03. The van der Waals surface area contributed by atoms with Gasteiger partial charge in [-0.25, -0.2) is 19.9 Å². The number of rotatable bonds is 6. The summed E-state index contributed by atoms with van der Waals surface area (Å²) in [5, 5.41) is 7.59. The lowest BCUT2D eigenvalue weighted by atomic mass is 9.90. The van der Waals surface area contributed by atoms with Gasteiger partial charge in [0.2, 0.25) is 0 Å². The summed E-state index contributed by atoms with van der Waals surface area (Å²) in [4.78, 5) is 19.4. The van der Waals surface area contributed by atoms with Crippen LogP contribution in [-0.4, -0.2) is 24.3 Å². The Balaban J connectivity index is 1.08. The lowest BCUT2D eigenvalue weighted by Gasteiger charge is -2.15. The molecule has 4 aromatic heterocycles. The van der Waals surface area contributed by atoms with Crippen LogP contribution in [0.4, 0.5) is 0 Å². The maximum atomic E-state index is 5.25. The SMILES string of the molecule is c1ccc(-c2cc(-c3ccc(-c4ncccn4)cc3)nc(-c3ccc(-c4cccc5c4c4cccc6c7cccc8cccc(c87)n5c64)c(-c4ccccc4)c3)n2)cc1. The number of aromatic nitrogens is 5. The predicted octanol–water partition coefficient (Wildman–Crippen LogP) is 13.6. The third-order valence-corrected chi connectivity index (χ3v) is 11.7. The molecule has 12 rings (SSSR count). The van der Waals surface area contributed by atoms with E-state index in [1.54, 1.807) is 12.4 Å². The summed E-state index contributed by atoms with van der Waals surface area (Å²) in [5.74, 6) is 1.36. The van der Waals surface area contributed by atoms with E-state index in [1.807, 2.05) is 12.1 Å². The van der Waals surface area contributed by atoms with Gasteiger partial charge in [-0.3, -0.25) is 0 Å². The van der Waals surface area contributed by atoms with Crippen molar-refractivity contribution >= 4 is 48.9 Å². The minimum Gasteiger partial charge on any atom is -0.308 e. The van der Waals surface area contributed by atoms with Gasteiger partial charge < -0.3 is 4.40 Å². The van der Waals surface area contributed by atoms with Gasteiger partial charge in [0.1, 0.15) is 0 Å². The highest BCUT2D eigenvalue weighted by molar-refractivity contribution is 6.28. The second-order valence-corrected chi connectivity index (χ2v) is 15.0. The van der Waals surface area contributed by atoms with Crippen molar-refractivity contribution in [3.63, 3.8) is 0 Å². The molecule has 8 aromatic carbocycles. The van der Waals surface area contributed by atoms with Crippen molar-refractivity contribution in [2.75, 3.05) is 0 Å². The largest absolute Gasteiger partial charge is 0.308 e. The van der Waals surface area contributed by atoms with Crippen LogP contribution in [0.5, 0.6) is 0 Å². The highest BCUT2D eigenvalue weighted by Crippen LogP contribution is 2.45. The number of pyridine rings is 1. The molecule has 274 valence electrons. The van der Waals surface area contributed by atoms with Gasteiger partial charge >= 0.3 is 0 Å². The van der Waals surface area contributed by atoms with E-state index in [1.165, 1.54) is 54.4 Å². The minimum absolute atomic E-state index is 0.664. The Morgan fingerprint density at radius 3 is 1.69 bits per heavy atom. The van der Waals surface area contributed by atoms with Gasteiger partial charge in [0.05, 0.1) is 27.9 Å². The van der Waals surface area contributed by atoms with Crippen molar-refractivity contribution in [2.24, 2.45) is 0 Å². The van der Waals surface area contributed by atoms with Crippen molar-refractivity contribution in [2.45, 2.75) is 0 Å². The average molecular weight is 752 g/mol. The van der Waals surface area contributed by atoms with Crippen LogP contribution in [0, 0.1) is 0 Å². The highest BCUT2D eigenvalue weighted by Gasteiger charge is 2.22. The van der Waals surface area contributed by atoms with Crippen LogP contribution in [0.1, 0.15) is 0 Å². The van der Waals surface area contributed by atoms with E-state index in [4.69, 9.17) is 9.97 Å². The summed E-state index contributed by atoms with van der Waals surface area (Å²) in [5.41, 5.74) is 13.9. The van der Waals surface area contributed by atoms with Crippen LogP contribution in [-0.2, 0) is 0 Å². The van der Waals surface area contributed by atoms with E-state index in [2.05, 4.69) is 190 Å². The van der Waals surface area contributed by atoms with Crippen LogP contribution >= 0.6 is 0 Å². The maximum Gasteiger partial charge on any atom is 0.160 e. The second kappa shape index (κ2) is 13.3. The Morgan fingerprint density at radius 2 is 0.932 bits per heavy atom. The highest BCUT2D eigenvalue weighted by atomic mass is 14.9. The molecule has 0 spiro atoms. The molecule has 0 bridgehead atoms. The first-order chi connectivity index (χ1) is 29.3. The minimum atomic E-state index is 0.664. The Hall–Kier alpha value is -8.02. The van der Waals surface area contributed by atoms with Gasteiger partial charge in [0.25, 0.3) is 0 Å². The standard InChI is InChI=1S/C54H33N5/c1-3-12-34(13-4-1)45-32-39(54-57-46(35-14-5-2-6-15-35)33-47(58-54)36-24-26-38(27-25-36)53-55-30-11-31-56-53)28-29-40(45)41-19-10-23-49-51(41)44-21-9-20-43-42-18-7-16-37-17-8-22-48(50(37)42)59(49)52(43)44/h1-33H. The molecule has 0 fully saturated rings. The summed E-state index contributed by atoms with van der Waals surface area (Å²) in [6.07, 6.45) is 3.53. The summed E-state index contributed by atoms with van der Waals surface area (Å²) in [6.45, 7) is 0. The zero-order valence-corrected chi connectivity index (χ0v) is 31.8. The lowest BCUT2D eigenvalue weighted by molar-refractivity contribution is 1.17. The molecule has 0 radical (unpaired) electrons. The van der Waals surface area contributed by atoms with Gasteiger partial charge in [0, 0.05) is 56.2 Å². The topological polar surface area (TPSA) is 56.0 Å². The molecular formula is C54H33N5. The first-order valence-electron chi connectivity index (χ1n) is 19.9. The molecule has 0 amide bonds. The smallest absolute Gasteiger partial charge is 0.160 e. The van der Waals surface area contributed by atoms with Crippen molar-refractivity contribution in [3.05, 3.63) is 200 Å². The van der Waals surface area contributed by atoms with Gasteiger partial charge in [-0.05, 0) is 63.4 Å². The van der Waals surface area contributed by atoms with Crippen molar-refractivity contribution in [1.29, 1.82) is 0 Å². The van der Waals surface area contributed by atoms with Crippen LogP contribution in [0.25, 0.3) is 116 Å². The summed E-state index contributed by atoms with van der Waals surface area (Å²) in [6, 6.07) is 66.8. The van der Waals surface area contributed by atoms with Gasteiger partial charge in [0.15, 0.2) is 11.6 Å². The second-order valence-electron chi connectivity index (χ2n) is 15.0. The fourth-order valence-electron chi connectivity index (χ4n) is 9.03. The maximum absolute atomic E-state index is 5.25.